The average Bonchev–Trinajstić information content (AvgIpc) is 2.95. The summed E-state index contributed by atoms with van der Waals surface area (Å²) in [5, 5.41) is 3.37. The summed E-state index contributed by atoms with van der Waals surface area (Å²) in [4.78, 5) is 0.233. The topological polar surface area (TPSA) is 55.4 Å². The highest BCUT2D eigenvalue weighted by atomic mass is 32.2. The van der Waals surface area contributed by atoms with Crippen molar-refractivity contribution in [2.24, 2.45) is 5.92 Å². The number of nitrogens with one attached hydrogen (secondary N) is 1. The van der Waals surface area contributed by atoms with Crippen LogP contribution in [0.15, 0.2) is 29.2 Å². The van der Waals surface area contributed by atoms with Gasteiger partial charge in [0.1, 0.15) is 0 Å². The van der Waals surface area contributed by atoms with E-state index in [1.165, 1.54) is 6.42 Å². The molecule has 1 aromatic carbocycles. The molecule has 1 saturated carbocycles. The molecule has 4 nitrogen and oxygen atoms in total. The molecule has 0 spiro atoms. The summed E-state index contributed by atoms with van der Waals surface area (Å²) in [5.74, 6) is 0.751. The summed E-state index contributed by atoms with van der Waals surface area (Å²) < 4.78 is 29.0. The monoisotopic (exact) mass is 267 g/mol. The molecule has 1 saturated heterocycles. The third-order valence-corrected chi connectivity index (χ3v) is 4.99. The van der Waals surface area contributed by atoms with Crippen molar-refractivity contribution in [3.63, 3.8) is 0 Å². The Kier molecular flexibility index (Phi) is 2.92. The largest absolute Gasteiger partial charge is 0.309 e. The molecule has 2 aliphatic rings. The molecule has 0 unspecified atom stereocenters. The summed E-state index contributed by atoms with van der Waals surface area (Å²) in [6.45, 7) is 2.16. The highest BCUT2D eigenvalue weighted by Crippen LogP contribution is 2.40. The minimum absolute atomic E-state index is 0.189. The Labute approximate surface area is 107 Å². The first-order valence-electron chi connectivity index (χ1n) is 6.27. The zero-order chi connectivity index (χ0) is 12.8. The Morgan fingerprint density at radius 1 is 1.28 bits per heavy atom. The van der Waals surface area contributed by atoms with Crippen LogP contribution in [0.4, 0.5) is 0 Å². The molecule has 0 aromatic heterocycles. The van der Waals surface area contributed by atoms with Crippen LogP contribution in [-0.2, 0) is 14.3 Å². The second-order valence-corrected chi connectivity index (χ2v) is 6.87. The molecule has 1 aliphatic carbocycles. The van der Waals surface area contributed by atoms with Gasteiger partial charge in [-0.2, -0.15) is 8.42 Å². The van der Waals surface area contributed by atoms with Crippen LogP contribution in [0.25, 0.3) is 0 Å². The van der Waals surface area contributed by atoms with E-state index in [1.54, 1.807) is 24.3 Å². The van der Waals surface area contributed by atoms with Crippen molar-refractivity contribution >= 4 is 10.1 Å². The van der Waals surface area contributed by atoms with Crippen LogP contribution in [0.1, 0.15) is 18.4 Å². The van der Waals surface area contributed by atoms with E-state index in [9.17, 15) is 8.42 Å². The molecule has 0 amide bonds. The van der Waals surface area contributed by atoms with E-state index in [4.69, 9.17) is 4.18 Å². The standard InChI is InChI=1S/C13H17NO3S/c1-9-2-4-12(5-3-9)18(15,16)17-8-11-6-10-7-13(10)14-11/h2-5,10-11,13-14H,6-8H2,1H3/t10-,11-,13+/m0/s1. The zero-order valence-corrected chi connectivity index (χ0v) is 11.1. The first kappa shape index (κ1) is 12.1. The fourth-order valence-corrected chi connectivity index (χ4v) is 3.46. The maximum absolute atomic E-state index is 11.9. The Bertz CT molecular complexity index is 528. The van der Waals surface area contributed by atoms with Gasteiger partial charge in [-0.15, -0.1) is 0 Å². The van der Waals surface area contributed by atoms with Gasteiger partial charge in [0.25, 0.3) is 10.1 Å². The molecule has 1 heterocycles. The lowest BCUT2D eigenvalue weighted by molar-refractivity contribution is 0.272. The molecule has 0 bridgehead atoms. The molecule has 3 rings (SSSR count). The lowest BCUT2D eigenvalue weighted by Crippen LogP contribution is -2.31. The Morgan fingerprint density at radius 2 is 2.00 bits per heavy atom. The minimum atomic E-state index is -3.61. The van der Waals surface area contributed by atoms with Crippen molar-refractivity contribution in [2.45, 2.75) is 36.7 Å². The zero-order valence-electron chi connectivity index (χ0n) is 10.3. The van der Waals surface area contributed by atoms with E-state index in [0.29, 0.717) is 6.04 Å². The predicted octanol–water partition coefficient (Wildman–Crippen LogP) is 1.45. The highest BCUT2D eigenvalue weighted by molar-refractivity contribution is 7.86. The van der Waals surface area contributed by atoms with Crippen molar-refractivity contribution in [3.05, 3.63) is 29.8 Å². The van der Waals surface area contributed by atoms with Crippen LogP contribution < -0.4 is 5.32 Å². The van der Waals surface area contributed by atoms with Crippen LogP contribution in [0, 0.1) is 12.8 Å². The second kappa shape index (κ2) is 4.33. The van der Waals surface area contributed by atoms with Gasteiger partial charge in [0, 0.05) is 12.1 Å². The number of fused-ring (bicyclic) bond motifs is 1. The van der Waals surface area contributed by atoms with Gasteiger partial charge in [-0.25, -0.2) is 0 Å². The lowest BCUT2D eigenvalue weighted by atomic mass is 10.2. The summed E-state index contributed by atoms with van der Waals surface area (Å²) >= 11 is 0. The van der Waals surface area contributed by atoms with Crippen molar-refractivity contribution < 1.29 is 12.6 Å². The van der Waals surface area contributed by atoms with E-state index < -0.39 is 10.1 Å². The maximum atomic E-state index is 11.9. The normalized spacial score (nSPS) is 30.2. The summed E-state index contributed by atoms with van der Waals surface area (Å²) in [6, 6.07) is 7.53. The summed E-state index contributed by atoms with van der Waals surface area (Å²) in [6.07, 6.45) is 2.27. The fraction of sp³-hybridized carbons (Fsp3) is 0.538. The number of aryl methyl sites for hydroxylation is 1. The van der Waals surface area contributed by atoms with E-state index in [-0.39, 0.29) is 17.5 Å². The maximum Gasteiger partial charge on any atom is 0.297 e. The molecular formula is C13H17NO3S. The minimum Gasteiger partial charge on any atom is -0.309 e. The smallest absolute Gasteiger partial charge is 0.297 e. The third kappa shape index (κ3) is 2.43. The second-order valence-electron chi connectivity index (χ2n) is 5.25. The molecule has 1 N–H and O–H groups in total. The third-order valence-electron chi connectivity index (χ3n) is 3.69. The molecule has 0 radical (unpaired) electrons. The van der Waals surface area contributed by atoms with Gasteiger partial charge in [-0.3, -0.25) is 4.18 Å². The van der Waals surface area contributed by atoms with E-state index in [2.05, 4.69) is 5.32 Å². The lowest BCUT2D eigenvalue weighted by Gasteiger charge is -2.13. The average molecular weight is 267 g/mol. The highest BCUT2D eigenvalue weighted by Gasteiger charge is 2.45. The van der Waals surface area contributed by atoms with E-state index in [0.717, 1.165) is 17.9 Å². The Hall–Kier alpha value is -0.910. The van der Waals surface area contributed by atoms with Gasteiger partial charge in [0.2, 0.25) is 0 Å². The van der Waals surface area contributed by atoms with Gasteiger partial charge < -0.3 is 5.32 Å². The predicted molar refractivity (Wildman–Crippen MR) is 67.8 cm³/mol. The molecule has 98 valence electrons. The molecule has 1 aromatic rings. The summed E-state index contributed by atoms with van der Waals surface area (Å²) in [5.41, 5.74) is 1.03. The van der Waals surface area contributed by atoms with Crippen molar-refractivity contribution in [3.8, 4) is 0 Å². The van der Waals surface area contributed by atoms with E-state index in [1.807, 2.05) is 6.92 Å². The molecule has 2 fully saturated rings. The molecule has 5 heteroatoms. The molecule has 1 aliphatic heterocycles. The molecular weight excluding hydrogens is 250 g/mol. The number of hydrogen-bond donors (Lipinski definition) is 1. The van der Waals surface area contributed by atoms with Gasteiger partial charge in [0.05, 0.1) is 11.5 Å². The van der Waals surface area contributed by atoms with Crippen LogP contribution in [0.3, 0.4) is 0 Å². The van der Waals surface area contributed by atoms with Crippen LogP contribution in [-0.4, -0.2) is 27.1 Å². The summed E-state index contributed by atoms with van der Waals surface area (Å²) in [7, 11) is -3.61. The SMILES string of the molecule is Cc1ccc(S(=O)(=O)OC[C@@H]2C[C@H]3C[C@H]3N2)cc1. The van der Waals surface area contributed by atoms with Crippen molar-refractivity contribution in [2.75, 3.05) is 6.61 Å². The van der Waals surface area contributed by atoms with Gasteiger partial charge in [0.15, 0.2) is 0 Å². The molecule has 18 heavy (non-hydrogen) atoms. The number of hydrogen-bond acceptors (Lipinski definition) is 4. The Balaban J connectivity index is 1.61. The van der Waals surface area contributed by atoms with Gasteiger partial charge >= 0.3 is 0 Å². The van der Waals surface area contributed by atoms with Crippen molar-refractivity contribution in [1.82, 2.24) is 5.32 Å². The van der Waals surface area contributed by atoms with Crippen LogP contribution >= 0.6 is 0 Å². The number of benzene rings is 1. The first-order valence-corrected chi connectivity index (χ1v) is 7.67. The molecule has 3 atom stereocenters. The van der Waals surface area contributed by atoms with Gasteiger partial charge in [-0.1, -0.05) is 17.7 Å². The van der Waals surface area contributed by atoms with E-state index >= 15 is 0 Å². The Morgan fingerprint density at radius 3 is 2.61 bits per heavy atom. The van der Waals surface area contributed by atoms with Crippen LogP contribution in [0.2, 0.25) is 0 Å². The fourth-order valence-electron chi connectivity index (χ4n) is 2.51. The first-order chi connectivity index (χ1) is 8.54. The number of piperidine rings is 1. The van der Waals surface area contributed by atoms with Crippen molar-refractivity contribution in [1.29, 1.82) is 0 Å². The number of rotatable bonds is 4. The van der Waals surface area contributed by atoms with Gasteiger partial charge in [-0.05, 0) is 37.8 Å². The quantitative estimate of drug-likeness (QED) is 0.839. The van der Waals surface area contributed by atoms with Crippen LogP contribution in [0.5, 0.6) is 0 Å².